The number of anilines is 3. The van der Waals surface area contributed by atoms with Gasteiger partial charge in [0.05, 0.1) is 0 Å². The van der Waals surface area contributed by atoms with Gasteiger partial charge in [-0.1, -0.05) is 18.2 Å². The zero-order valence-corrected chi connectivity index (χ0v) is 15.9. The Morgan fingerprint density at radius 1 is 1.00 bits per heavy atom. The van der Waals surface area contributed by atoms with Crippen LogP contribution in [0.2, 0.25) is 0 Å². The van der Waals surface area contributed by atoms with Crippen molar-refractivity contribution in [2.75, 3.05) is 17.2 Å². The molecule has 29 heavy (non-hydrogen) atoms. The van der Waals surface area contributed by atoms with Crippen molar-refractivity contribution in [1.82, 2.24) is 10.3 Å². The second-order valence-electron chi connectivity index (χ2n) is 6.41. The van der Waals surface area contributed by atoms with Gasteiger partial charge in [-0.25, -0.2) is 9.37 Å². The lowest BCUT2D eigenvalue weighted by Gasteiger charge is -2.09. The summed E-state index contributed by atoms with van der Waals surface area (Å²) in [6.45, 7) is 1.78. The second kappa shape index (κ2) is 9.45. The van der Waals surface area contributed by atoms with E-state index in [4.69, 9.17) is 0 Å². The molecule has 2 aromatic carbocycles. The molecule has 3 rings (SSSR count). The summed E-state index contributed by atoms with van der Waals surface area (Å²) in [5.74, 6) is -0.158. The van der Waals surface area contributed by atoms with E-state index in [-0.39, 0.29) is 17.6 Å². The van der Waals surface area contributed by atoms with Crippen LogP contribution >= 0.6 is 0 Å². The third-order valence-electron chi connectivity index (χ3n) is 4.14. The van der Waals surface area contributed by atoms with Crippen LogP contribution in [0, 0.1) is 5.82 Å². The Balaban J connectivity index is 1.57. The highest BCUT2D eigenvalue weighted by Crippen LogP contribution is 2.18. The Hall–Kier alpha value is -3.74. The first-order valence-electron chi connectivity index (χ1n) is 9.13. The minimum absolute atomic E-state index is 0.138. The first kappa shape index (κ1) is 20.0. The van der Waals surface area contributed by atoms with E-state index in [1.54, 1.807) is 60.8 Å². The number of nitrogens with zero attached hydrogens (tertiary/aromatic N) is 1. The van der Waals surface area contributed by atoms with E-state index in [0.717, 1.165) is 5.69 Å². The predicted molar refractivity (Wildman–Crippen MR) is 111 cm³/mol. The maximum atomic E-state index is 13.6. The van der Waals surface area contributed by atoms with Gasteiger partial charge in [-0.2, -0.15) is 0 Å². The lowest BCUT2D eigenvalue weighted by Crippen LogP contribution is -2.26. The zero-order chi connectivity index (χ0) is 20.6. The van der Waals surface area contributed by atoms with Crippen molar-refractivity contribution in [3.8, 4) is 0 Å². The molecule has 0 aliphatic carbocycles. The molecular weight excluding hydrogens is 371 g/mol. The van der Waals surface area contributed by atoms with Gasteiger partial charge in [0, 0.05) is 36.6 Å². The van der Waals surface area contributed by atoms with Crippen LogP contribution in [0.25, 0.3) is 0 Å². The average molecular weight is 392 g/mol. The molecule has 0 spiro atoms. The standard InChI is InChI=1S/C22H21FN4O2/c1-15(28)26-18-6-8-19(9-7-18)27-21-14-17(11-12-24-21)22(29)25-13-10-16-4-2-3-5-20(16)23/h2-9,11-12,14H,10,13H2,1H3,(H,24,27)(H,25,29)(H,26,28). The van der Waals surface area contributed by atoms with Crippen molar-refractivity contribution in [3.63, 3.8) is 0 Å². The van der Waals surface area contributed by atoms with Gasteiger partial charge in [-0.05, 0) is 54.4 Å². The van der Waals surface area contributed by atoms with E-state index in [1.807, 2.05) is 0 Å². The number of carbonyl (C=O) groups excluding carboxylic acids is 2. The molecule has 0 radical (unpaired) electrons. The van der Waals surface area contributed by atoms with Crippen molar-refractivity contribution >= 4 is 29.0 Å². The number of halogens is 1. The molecule has 0 saturated carbocycles. The molecule has 0 aliphatic heterocycles. The van der Waals surface area contributed by atoms with Gasteiger partial charge in [-0.15, -0.1) is 0 Å². The highest BCUT2D eigenvalue weighted by atomic mass is 19.1. The van der Waals surface area contributed by atoms with E-state index in [0.29, 0.717) is 35.6 Å². The molecule has 7 heteroatoms. The predicted octanol–water partition coefficient (Wildman–Crippen LogP) is 3.90. The van der Waals surface area contributed by atoms with Crippen molar-refractivity contribution in [1.29, 1.82) is 0 Å². The van der Waals surface area contributed by atoms with Crippen LogP contribution in [-0.4, -0.2) is 23.3 Å². The van der Waals surface area contributed by atoms with Crippen molar-refractivity contribution in [3.05, 3.63) is 83.8 Å². The van der Waals surface area contributed by atoms with Crippen molar-refractivity contribution in [2.24, 2.45) is 0 Å². The van der Waals surface area contributed by atoms with E-state index in [2.05, 4.69) is 20.9 Å². The average Bonchev–Trinajstić information content (AvgIpc) is 2.71. The quantitative estimate of drug-likeness (QED) is 0.570. The fourth-order valence-electron chi connectivity index (χ4n) is 2.74. The molecule has 1 aromatic heterocycles. The summed E-state index contributed by atoms with van der Waals surface area (Å²) in [6, 6.07) is 16.9. The van der Waals surface area contributed by atoms with Crippen molar-refractivity contribution in [2.45, 2.75) is 13.3 Å². The van der Waals surface area contributed by atoms with Gasteiger partial charge in [0.15, 0.2) is 0 Å². The normalized spacial score (nSPS) is 10.3. The number of amides is 2. The Morgan fingerprint density at radius 2 is 1.72 bits per heavy atom. The number of benzene rings is 2. The van der Waals surface area contributed by atoms with Crippen LogP contribution in [-0.2, 0) is 11.2 Å². The Morgan fingerprint density at radius 3 is 2.45 bits per heavy atom. The number of nitrogens with one attached hydrogen (secondary N) is 3. The third kappa shape index (κ3) is 5.87. The lowest BCUT2D eigenvalue weighted by molar-refractivity contribution is -0.114. The van der Waals surface area contributed by atoms with Crippen LogP contribution in [0.4, 0.5) is 21.6 Å². The van der Waals surface area contributed by atoms with Crippen LogP contribution in [0.5, 0.6) is 0 Å². The second-order valence-corrected chi connectivity index (χ2v) is 6.41. The molecule has 0 fully saturated rings. The van der Waals surface area contributed by atoms with Gasteiger partial charge in [0.2, 0.25) is 5.91 Å². The van der Waals surface area contributed by atoms with Crippen LogP contribution in [0.15, 0.2) is 66.9 Å². The summed E-state index contributed by atoms with van der Waals surface area (Å²) in [6.07, 6.45) is 1.95. The summed E-state index contributed by atoms with van der Waals surface area (Å²) in [5.41, 5.74) is 2.47. The van der Waals surface area contributed by atoms with Gasteiger partial charge in [0.1, 0.15) is 11.6 Å². The number of hydrogen-bond acceptors (Lipinski definition) is 4. The molecular formula is C22H21FN4O2. The minimum Gasteiger partial charge on any atom is -0.352 e. The van der Waals surface area contributed by atoms with E-state index < -0.39 is 0 Å². The van der Waals surface area contributed by atoms with Gasteiger partial charge in [-0.3, -0.25) is 9.59 Å². The molecule has 0 atom stereocenters. The van der Waals surface area contributed by atoms with Crippen molar-refractivity contribution < 1.29 is 14.0 Å². The SMILES string of the molecule is CC(=O)Nc1ccc(Nc2cc(C(=O)NCCc3ccccc3F)ccn2)cc1. The van der Waals surface area contributed by atoms with Crippen LogP contribution in [0.1, 0.15) is 22.8 Å². The first-order chi connectivity index (χ1) is 14.0. The summed E-state index contributed by atoms with van der Waals surface area (Å²) < 4.78 is 13.6. The topological polar surface area (TPSA) is 83.1 Å². The van der Waals surface area contributed by atoms with Gasteiger partial charge >= 0.3 is 0 Å². The molecule has 0 bridgehead atoms. The smallest absolute Gasteiger partial charge is 0.251 e. The zero-order valence-electron chi connectivity index (χ0n) is 15.9. The van der Waals surface area contributed by atoms with E-state index in [1.165, 1.54) is 13.0 Å². The van der Waals surface area contributed by atoms with Crippen LogP contribution < -0.4 is 16.0 Å². The first-order valence-corrected chi connectivity index (χ1v) is 9.13. The fourth-order valence-corrected chi connectivity index (χ4v) is 2.74. The van der Waals surface area contributed by atoms with E-state index >= 15 is 0 Å². The van der Waals surface area contributed by atoms with Crippen LogP contribution in [0.3, 0.4) is 0 Å². The molecule has 0 unspecified atom stereocenters. The molecule has 6 nitrogen and oxygen atoms in total. The monoisotopic (exact) mass is 392 g/mol. The van der Waals surface area contributed by atoms with Gasteiger partial charge < -0.3 is 16.0 Å². The maximum absolute atomic E-state index is 13.6. The molecule has 0 aliphatic rings. The molecule has 1 heterocycles. The summed E-state index contributed by atoms with van der Waals surface area (Å²) in [5, 5.41) is 8.60. The van der Waals surface area contributed by atoms with Gasteiger partial charge in [0.25, 0.3) is 5.91 Å². The Bertz CT molecular complexity index is 1010. The molecule has 148 valence electrons. The third-order valence-corrected chi connectivity index (χ3v) is 4.14. The Labute approximate surface area is 168 Å². The van der Waals surface area contributed by atoms with E-state index in [9.17, 15) is 14.0 Å². The summed E-state index contributed by atoms with van der Waals surface area (Å²) in [7, 11) is 0. The summed E-state index contributed by atoms with van der Waals surface area (Å²) >= 11 is 0. The molecule has 3 aromatic rings. The fraction of sp³-hybridized carbons (Fsp3) is 0.136. The molecule has 2 amide bonds. The maximum Gasteiger partial charge on any atom is 0.251 e. The number of carbonyl (C=O) groups is 2. The highest BCUT2D eigenvalue weighted by molar-refractivity contribution is 5.95. The lowest BCUT2D eigenvalue weighted by atomic mass is 10.1. The Kier molecular flexibility index (Phi) is 6.52. The number of aromatic nitrogens is 1. The minimum atomic E-state index is -0.276. The number of rotatable bonds is 7. The summed E-state index contributed by atoms with van der Waals surface area (Å²) in [4.78, 5) is 27.7. The number of pyridine rings is 1. The largest absolute Gasteiger partial charge is 0.352 e. The number of hydrogen-bond donors (Lipinski definition) is 3. The molecule has 0 saturated heterocycles. The molecule has 3 N–H and O–H groups in total. The highest BCUT2D eigenvalue weighted by Gasteiger charge is 2.08.